The summed E-state index contributed by atoms with van der Waals surface area (Å²) in [5.74, 6) is 0.0972. The Morgan fingerprint density at radius 3 is 0.800 bits per heavy atom. The first-order chi connectivity index (χ1) is 40.7. The lowest BCUT2D eigenvalue weighted by Gasteiger charge is -2.21. The first kappa shape index (κ1) is 83.1. The van der Waals surface area contributed by atoms with Crippen molar-refractivity contribution in [2.75, 3.05) is 39.6 Å². The van der Waals surface area contributed by atoms with Crippen LogP contribution in [0.25, 0.3) is 0 Å². The molecule has 0 amide bonds. The van der Waals surface area contributed by atoms with E-state index in [2.05, 4.69) is 48.5 Å². The number of carbonyl (C=O) groups is 4. The molecular weight excluding hydrogens is 1130 g/mol. The van der Waals surface area contributed by atoms with E-state index in [-0.39, 0.29) is 25.7 Å². The van der Waals surface area contributed by atoms with Crippen LogP contribution in [0.5, 0.6) is 0 Å². The van der Waals surface area contributed by atoms with Gasteiger partial charge in [-0.1, -0.05) is 273 Å². The predicted octanol–water partition coefficient (Wildman–Crippen LogP) is 18.3. The zero-order valence-corrected chi connectivity index (χ0v) is 56.9. The Morgan fingerprint density at radius 2 is 0.541 bits per heavy atom. The molecule has 0 saturated heterocycles. The van der Waals surface area contributed by atoms with Crippen LogP contribution in [-0.2, 0) is 65.4 Å². The minimum Gasteiger partial charge on any atom is -0.462 e. The predicted molar refractivity (Wildman–Crippen MR) is 340 cm³/mol. The molecule has 0 aliphatic heterocycles. The maximum atomic E-state index is 13.0. The molecule has 0 spiro atoms. The Bertz CT molecular complexity index is 1680. The maximum Gasteiger partial charge on any atom is 0.472 e. The molecule has 0 aliphatic carbocycles. The van der Waals surface area contributed by atoms with E-state index >= 15 is 0 Å². The Balaban J connectivity index is 5.15. The van der Waals surface area contributed by atoms with Crippen molar-refractivity contribution in [1.29, 1.82) is 0 Å². The van der Waals surface area contributed by atoms with E-state index in [1.54, 1.807) is 0 Å². The molecule has 19 heteroatoms. The van der Waals surface area contributed by atoms with Gasteiger partial charge in [0.15, 0.2) is 12.2 Å². The lowest BCUT2D eigenvalue weighted by atomic mass is 10.0. The van der Waals surface area contributed by atoms with Gasteiger partial charge in [0.25, 0.3) is 0 Å². The van der Waals surface area contributed by atoms with Crippen LogP contribution < -0.4 is 0 Å². The van der Waals surface area contributed by atoms with E-state index in [9.17, 15) is 43.2 Å². The van der Waals surface area contributed by atoms with Gasteiger partial charge in [-0.05, 0) is 43.4 Å². The summed E-state index contributed by atoms with van der Waals surface area (Å²) >= 11 is 0. The molecule has 0 aromatic carbocycles. The third-order valence-electron chi connectivity index (χ3n) is 15.1. The van der Waals surface area contributed by atoms with Crippen LogP contribution in [0.15, 0.2) is 0 Å². The van der Waals surface area contributed by atoms with Crippen LogP contribution in [0.2, 0.25) is 0 Å². The molecule has 0 aromatic heterocycles. The summed E-state index contributed by atoms with van der Waals surface area (Å²) < 4.78 is 67.9. The second-order valence-electron chi connectivity index (χ2n) is 25.3. The zero-order chi connectivity index (χ0) is 63.1. The van der Waals surface area contributed by atoms with Gasteiger partial charge in [-0.25, -0.2) is 9.13 Å². The third-order valence-corrected chi connectivity index (χ3v) is 17.0. The van der Waals surface area contributed by atoms with Gasteiger partial charge in [0.1, 0.15) is 19.3 Å². The molecule has 17 nitrogen and oxygen atoms in total. The zero-order valence-electron chi connectivity index (χ0n) is 55.1. The SMILES string of the molecule is CCCCCCCC(=O)OC[C@H](COP(=O)(O)OC[C@H](O)COP(=O)(O)OC[C@@H](COC(=O)CCCCCCCCCCCC(C)C)OC(=O)CCCCCCCCCCCCCCCCCC(C)C)OC(=O)CCCCCCCCCC(C)C. The highest BCUT2D eigenvalue weighted by Crippen LogP contribution is 2.45. The number of aliphatic hydroxyl groups excluding tert-OH is 1. The smallest absolute Gasteiger partial charge is 0.462 e. The fourth-order valence-electron chi connectivity index (χ4n) is 9.83. The highest BCUT2D eigenvalue weighted by molar-refractivity contribution is 7.47. The minimum atomic E-state index is -4.95. The number of phosphoric ester groups is 2. The van der Waals surface area contributed by atoms with Gasteiger partial charge in [-0.15, -0.1) is 0 Å². The van der Waals surface area contributed by atoms with Gasteiger partial charge in [-0.3, -0.25) is 37.3 Å². The largest absolute Gasteiger partial charge is 0.472 e. The summed E-state index contributed by atoms with van der Waals surface area (Å²) in [6.45, 7) is 11.7. The third kappa shape index (κ3) is 60.7. The van der Waals surface area contributed by atoms with Crippen molar-refractivity contribution >= 4 is 39.5 Å². The van der Waals surface area contributed by atoms with Crippen LogP contribution in [0, 0.1) is 17.8 Å². The average molecular weight is 1260 g/mol. The number of phosphoric acid groups is 2. The number of esters is 4. The molecule has 0 radical (unpaired) electrons. The fourth-order valence-corrected chi connectivity index (χ4v) is 11.4. The summed E-state index contributed by atoms with van der Waals surface area (Å²) in [5, 5.41) is 10.5. The lowest BCUT2D eigenvalue weighted by Crippen LogP contribution is -2.30. The standard InChI is InChI=1S/C66H128O17P2/c1-8-9-10-30-40-47-63(68)76-53-61(82-66(71)50-43-36-29-23-26-33-39-46-59(6)7)55-80-84(72,73)78-51-60(67)52-79-85(74,75)81-56-62(54-77-64(69)48-41-34-27-22-18-20-25-32-38-45-58(4)5)83-65(70)49-42-35-28-21-17-15-13-11-12-14-16-19-24-31-37-44-57(2)3/h57-62,67H,8-56H2,1-7H3,(H,72,73)(H,74,75)/t60-,61+,62+/m0/s1. The van der Waals surface area contributed by atoms with Gasteiger partial charge in [0.05, 0.1) is 26.4 Å². The molecule has 0 fully saturated rings. The number of unbranched alkanes of at least 4 members (excludes halogenated alkanes) is 32. The number of aliphatic hydroxyl groups is 1. The van der Waals surface area contributed by atoms with Crippen molar-refractivity contribution in [2.45, 2.75) is 343 Å². The quantitative estimate of drug-likeness (QED) is 0.0222. The van der Waals surface area contributed by atoms with E-state index in [1.165, 1.54) is 128 Å². The fraction of sp³-hybridized carbons (Fsp3) is 0.939. The number of hydrogen-bond donors (Lipinski definition) is 3. The summed E-state index contributed by atoms with van der Waals surface area (Å²) in [6, 6.07) is 0. The molecule has 3 N–H and O–H groups in total. The summed E-state index contributed by atoms with van der Waals surface area (Å²) in [7, 11) is -9.88. The Kier molecular flexibility index (Phi) is 55.9. The molecule has 85 heavy (non-hydrogen) atoms. The second-order valence-corrected chi connectivity index (χ2v) is 28.2. The molecule has 0 saturated carbocycles. The number of carbonyl (C=O) groups excluding carboxylic acids is 4. The molecule has 0 heterocycles. The number of hydrogen-bond acceptors (Lipinski definition) is 15. The summed E-state index contributed by atoms with van der Waals surface area (Å²) in [5.41, 5.74) is 0. The second kappa shape index (κ2) is 57.2. The van der Waals surface area contributed by atoms with Crippen LogP contribution in [0.4, 0.5) is 0 Å². The van der Waals surface area contributed by atoms with Crippen LogP contribution in [0.3, 0.4) is 0 Å². The lowest BCUT2D eigenvalue weighted by molar-refractivity contribution is -0.161. The molecule has 5 atom stereocenters. The van der Waals surface area contributed by atoms with Gasteiger partial charge >= 0.3 is 39.5 Å². The molecule has 504 valence electrons. The van der Waals surface area contributed by atoms with Gasteiger partial charge in [0, 0.05) is 25.7 Å². The summed E-state index contributed by atoms with van der Waals surface area (Å²) in [6.07, 6.45) is 39.5. The van der Waals surface area contributed by atoms with E-state index in [4.69, 9.17) is 37.0 Å². The first-order valence-electron chi connectivity index (χ1n) is 34.3. The van der Waals surface area contributed by atoms with Crippen LogP contribution in [-0.4, -0.2) is 96.7 Å². The Labute approximate surface area is 517 Å². The van der Waals surface area contributed by atoms with Crippen molar-refractivity contribution in [3.8, 4) is 0 Å². The van der Waals surface area contributed by atoms with E-state index in [1.807, 2.05) is 0 Å². The monoisotopic (exact) mass is 1250 g/mol. The average Bonchev–Trinajstić information content (AvgIpc) is 3.65. The first-order valence-corrected chi connectivity index (χ1v) is 37.3. The maximum absolute atomic E-state index is 13.0. The van der Waals surface area contributed by atoms with Crippen molar-refractivity contribution in [3.63, 3.8) is 0 Å². The van der Waals surface area contributed by atoms with Crippen LogP contribution in [0.1, 0.15) is 325 Å². The van der Waals surface area contributed by atoms with E-state index in [0.717, 1.165) is 108 Å². The topological polar surface area (TPSA) is 237 Å². The normalized spacial score (nSPS) is 14.3. The summed E-state index contributed by atoms with van der Waals surface area (Å²) in [4.78, 5) is 72.0. The van der Waals surface area contributed by atoms with Crippen LogP contribution >= 0.6 is 15.6 Å². The molecule has 0 aliphatic rings. The van der Waals surface area contributed by atoms with Crippen molar-refractivity contribution in [2.24, 2.45) is 17.8 Å². The molecule has 0 rings (SSSR count). The van der Waals surface area contributed by atoms with Crippen molar-refractivity contribution < 1.29 is 80.2 Å². The van der Waals surface area contributed by atoms with E-state index < -0.39 is 97.5 Å². The van der Waals surface area contributed by atoms with E-state index in [0.29, 0.717) is 31.6 Å². The Hall–Kier alpha value is -1.94. The highest BCUT2D eigenvalue weighted by atomic mass is 31.2. The van der Waals surface area contributed by atoms with Gasteiger partial charge < -0.3 is 33.8 Å². The number of rotatable bonds is 64. The minimum absolute atomic E-state index is 0.102. The van der Waals surface area contributed by atoms with Gasteiger partial charge in [-0.2, -0.15) is 0 Å². The van der Waals surface area contributed by atoms with Crippen molar-refractivity contribution in [3.05, 3.63) is 0 Å². The Morgan fingerprint density at radius 1 is 0.318 bits per heavy atom. The molecule has 2 unspecified atom stereocenters. The highest BCUT2D eigenvalue weighted by Gasteiger charge is 2.30. The number of ether oxygens (including phenoxy) is 4. The molecule has 0 bridgehead atoms. The molecular formula is C66H128O17P2. The van der Waals surface area contributed by atoms with Crippen molar-refractivity contribution in [1.82, 2.24) is 0 Å². The molecule has 0 aromatic rings. The van der Waals surface area contributed by atoms with Gasteiger partial charge in [0.2, 0.25) is 0 Å².